The number of anilines is 4. The van der Waals surface area contributed by atoms with Crippen LogP contribution in [0.1, 0.15) is 45.0 Å². The van der Waals surface area contributed by atoms with E-state index in [2.05, 4.69) is 77.0 Å². The predicted octanol–water partition coefficient (Wildman–Crippen LogP) is 4.92. The number of piperidine rings is 1. The zero-order valence-electron chi connectivity index (χ0n) is 17.4. The van der Waals surface area contributed by atoms with Crippen LogP contribution in [0.25, 0.3) is 0 Å². The Balaban J connectivity index is 1.81. The Bertz CT molecular complexity index is 769. The highest BCUT2D eigenvalue weighted by Crippen LogP contribution is 2.27. The van der Waals surface area contributed by atoms with E-state index in [1.54, 1.807) is 0 Å². The summed E-state index contributed by atoms with van der Waals surface area (Å²) in [5.74, 6) is 3.44. The Hall–Kier alpha value is -2.30. The Morgan fingerprint density at radius 3 is 2.59 bits per heavy atom. The van der Waals surface area contributed by atoms with Crippen molar-refractivity contribution in [2.24, 2.45) is 5.92 Å². The highest BCUT2D eigenvalue weighted by molar-refractivity contribution is 5.66. The average molecular weight is 368 g/mol. The number of hydrogen-bond acceptors (Lipinski definition) is 5. The van der Waals surface area contributed by atoms with Gasteiger partial charge in [0.15, 0.2) is 0 Å². The van der Waals surface area contributed by atoms with Crippen LogP contribution in [0.2, 0.25) is 0 Å². The first-order valence-corrected chi connectivity index (χ1v) is 10.2. The fraction of sp³-hybridized carbons (Fsp3) is 0.545. The van der Waals surface area contributed by atoms with E-state index in [4.69, 9.17) is 0 Å². The third-order valence-electron chi connectivity index (χ3n) is 5.41. The van der Waals surface area contributed by atoms with E-state index >= 15 is 0 Å². The van der Waals surface area contributed by atoms with Crippen molar-refractivity contribution in [3.05, 3.63) is 35.7 Å². The van der Waals surface area contributed by atoms with E-state index in [1.807, 2.05) is 6.92 Å². The molecule has 1 N–H and O–H groups in total. The van der Waals surface area contributed by atoms with Gasteiger partial charge in [0.25, 0.3) is 0 Å². The molecular formula is C22H33N5. The lowest BCUT2D eigenvalue weighted by molar-refractivity contribution is 0.444. The zero-order valence-corrected chi connectivity index (χ0v) is 17.4. The molecule has 0 saturated carbocycles. The minimum atomic E-state index is 0.722. The third kappa shape index (κ3) is 4.71. The Kier molecular flexibility index (Phi) is 6.19. The molecule has 2 heterocycles. The maximum Gasteiger partial charge on any atom is 0.136 e. The number of hydrogen-bond donors (Lipinski definition) is 1. The topological polar surface area (TPSA) is 44.3 Å². The number of rotatable bonds is 6. The number of benzene rings is 1. The van der Waals surface area contributed by atoms with Gasteiger partial charge >= 0.3 is 0 Å². The Labute approximate surface area is 163 Å². The van der Waals surface area contributed by atoms with Gasteiger partial charge in [0.2, 0.25) is 0 Å². The number of aryl methyl sites for hydroxylation is 2. The van der Waals surface area contributed by atoms with Crippen LogP contribution in [0.4, 0.5) is 23.0 Å². The smallest absolute Gasteiger partial charge is 0.136 e. The summed E-state index contributed by atoms with van der Waals surface area (Å²) in [5.41, 5.74) is 3.59. The van der Waals surface area contributed by atoms with Crippen molar-refractivity contribution in [1.82, 2.24) is 9.97 Å². The van der Waals surface area contributed by atoms with Gasteiger partial charge < -0.3 is 15.1 Å². The highest BCUT2D eigenvalue weighted by atomic mass is 15.2. The van der Waals surface area contributed by atoms with Crippen LogP contribution < -0.4 is 15.1 Å². The van der Waals surface area contributed by atoms with Gasteiger partial charge in [-0.1, -0.05) is 6.92 Å². The predicted molar refractivity (Wildman–Crippen MR) is 115 cm³/mol. The van der Waals surface area contributed by atoms with Crippen molar-refractivity contribution in [2.75, 3.05) is 41.3 Å². The molecule has 146 valence electrons. The molecule has 1 aromatic carbocycles. The van der Waals surface area contributed by atoms with E-state index < -0.39 is 0 Å². The van der Waals surface area contributed by atoms with Crippen molar-refractivity contribution in [3.63, 3.8) is 0 Å². The van der Waals surface area contributed by atoms with Gasteiger partial charge in [-0.25, -0.2) is 9.97 Å². The number of nitrogens with zero attached hydrogens (tertiary/aromatic N) is 4. The average Bonchev–Trinajstić information content (AvgIpc) is 2.64. The minimum absolute atomic E-state index is 0.722. The molecule has 1 atom stereocenters. The number of nitrogens with one attached hydrogen (secondary N) is 1. The second kappa shape index (κ2) is 8.59. The molecular weight excluding hydrogens is 334 g/mol. The molecule has 1 fully saturated rings. The first-order chi connectivity index (χ1) is 13.0. The maximum absolute atomic E-state index is 4.68. The summed E-state index contributed by atoms with van der Waals surface area (Å²) in [6.45, 7) is 15.0. The first-order valence-electron chi connectivity index (χ1n) is 10.2. The van der Waals surface area contributed by atoms with Crippen molar-refractivity contribution in [3.8, 4) is 0 Å². The van der Waals surface area contributed by atoms with Crippen LogP contribution >= 0.6 is 0 Å². The molecule has 5 nitrogen and oxygen atoms in total. The summed E-state index contributed by atoms with van der Waals surface area (Å²) in [6.07, 6.45) is 2.54. The molecule has 0 aliphatic carbocycles. The molecule has 0 spiro atoms. The van der Waals surface area contributed by atoms with Gasteiger partial charge in [0, 0.05) is 43.6 Å². The van der Waals surface area contributed by atoms with Gasteiger partial charge in [0.05, 0.1) is 0 Å². The van der Waals surface area contributed by atoms with Crippen LogP contribution in [0.3, 0.4) is 0 Å². The normalized spacial score (nSPS) is 17.1. The van der Waals surface area contributed by atoms with Crippen LogP contribution in [0.15, 0.2) is 24.3 Å². The van der Waals surface area contributed by atoms with E-state index in [0.717, 1.165) is 55.2 Å². The summed E-state index contributed by atoms with van der Waals surface area (Å²) < 4.78 is 0. The van der Waals surface area contributed by atoms with Crippen molar-refractivity contribution in [2.45, 2.75) is 47.5 Å². The van der Waals surface area contributed by atoms with Gasteiger partial charge in [-0.15, -0.1) is 0 Å². The first kappa shape index (κ1) is 19.5. The van der Waals surface area contributed by atoms with E-state index in [0.29, 0.717) is 0 Å². The second-order valence-electron chi connectivity index (χ2n) is 7.65. The molecule has 5 heteroatoms. The second-order valence-corrected chi connectivity index (χ2v) is 7.65. The number of aromatic nitrogens is 2. The lowest BCUT2D eigenvalue weighted by Crippen LogP contribution is -2.35. The van der Waals surface area contributed by atoms with E-state index in [1.165, 1.54) is 24.1 Å². The Morgan fingerprint density at radius 2 is 1.93 bits per heavy atom. The Morgan fingerprint density at radius 1 is 1.15 bits per heavy atom. The lowest BCUT2D eigenvalue weighted by atomic mass is 10.0. The molecule has 0 amide bonds. The third-order valence-corrected chi connectivity index (χ3v) is 5.41. The minimum Gasteiger partial charge on any atom is -0.372 e. The van der Waals surface area contributed by atoms with Gasteiger partial charge in [-0.3, -0.25) is 0 Å². The molecule has 1 aliphatic rings. The molecule has 1 aliphatic heterocycles. The van der Waals surface area contributed by atoms with Crippen LogP contribution in [-0.4, -0.2) is 36.1 Å². The summed E-state index contributed by atoms with van der Waals surface area (Å²) in [4.78, 5) is 14.1. The SMILES string of the molecule is CCN(CC)c1ccc(Nc2cc(N3CCCC(C)C3)nc(C)n2)c(C)c1. The maximum atomic E-state index is 4.68. The van der Waals surface area contributed by atoms with Crippen molar-refractivity contribution >= 4 is 23.0 Å². The quantitative estimate of drug-likeness (QED) is 0.785. The van der Waals surface area contributed by atoms with Gasteiger partial charge in [-0.05, 0) is 70.2 Å². The molecule has 1 unspecified atom stereocenters. The summed E-state index contributed by atoms with van der Waals surface area (Å²) in [7, 11) is 0. The van der Waals surface area contributed by atoms with Crippen LogP contribution in [-0.2, 0) is 0 Å². The van der Waals surface area contributed by atoms with Crippen LogP contribution in [0.5, 0.6) is 0 Å². The van der Waals surface area contributed by atoms with Crippen LogP contribution in [0, 0.1) is 19.8 Å². The summed E-state index contributed by atoms with van der Waals surface area (Å²) >= 11 is 0. The molecule has 3 rings (SSSR count). The fourth-order valence-electron chi connectivity index (χ4n) is 3.89. The fourth-order valence-corrected chi connectivity index (χ4v) is 3.89. The van der Waals surface area contributed by atoms with E-state index in [-0.39, 0.29) is 0 Å². The summed E-state index contributed by atoms with van der Waals surface area (Å²) in [6, 6.07) is 8.67. The lowest BCUT2D eigenvalue weighted by Gasteiger charge is -2.32. The largest absolute Gasteiger partial charge is 0.372 e. The molecule has 1 aromatic heterocycles. The molecule has 0 bridgehead atoms. The highest BCUT2D eigenvalue weighted by Gasteiger charge is 2.18. The summed E-state index contributed by atoms with van der Waals surface area (Å²) in [5, 5.41) is 3.51. The van der Waals surface area contributed by atoms with Crippen molar-refractivity contribution in [1.29, 1.82) is 0 Å². The zero-order chi connectivity index (χ0) is 19.4. The molecule has 2 aromatic rings. The van der Waals surface area contributed by atoms with Gasteiger partial charge in [0.1, 0.15) is 17.5 Å². The monoisotopic (exact) mass is 367 g/mol. The molecule has 1 saturated heterocycles. The van der Waals surface area contributed by atoms with E-state index in [9.17, 15) is 0 Å². The van der Waals surface area contributed by atoms with Gasteiger partial charge in [-0.2, -0.15) is 0 Å². The van der Waals surface area contributed by atoms with Crippen molar-refractivity contribution < 1.29 is 0 Å². The standard InChI is InChI=1S/C22H33N5/c1-6-26(7-2)19-10-11-20(17(4)13-19)25-21-14-22(24-18(5)23-21)27-12-8-9-16(3)15-27/h10-11,13-14,16H,6-9,12,15H2,1-5H3,(H,23,24,25). The molecule has 0 radical (unpaired) electrons. The molecule has 27 heavy (non-hydrogen) atoms.